The van der Waals surface area contributed by atoms with Crippen molar-refractivity contribution in [1.82, 2.24) is 4.98 Å². The lowest BCUT2D eigenvalue weighted by atomic mass is 10.1. The second-order valence-corrected chi connectivity index (χ2v) is 7.03. The van der Waals surface area contributed by atoms with Gasteiger partial charge in [-0.3, -0.25) is 4.98 Å². The minimum atomic E-state index is 0.133. The molecular weight excluding hydrogens is 260 g/mol. The van der Waals surface area contributed by atoms with Gasteiger partial charge in [0.2, 0.25) is 0 Å². The van der Waals surface area contributed by atoms with Gasteiger partial charge in [-0.2, -0.15) is 11.8 Å². The average molecular weight is 280 g/mol. The molecule has 1 fully saturated rings. The van der Waals surface area contributed by atoms with Crippen molar-refractivity contribution in [3.05, 3.63) is 24.0 Å². The number of amidine groups is 1. The van der Waals surface area contributed by atoms with Gasteiger partial charge in [0.05, 0.1) is 11.9 Å². The van der Waals surface area contributed by atoms with Crippen LogP contribution in [0, 0.1) is 0 Å². The van der Waals surface area contributed by atoms with Gasteiger partial charge in [0, 0.05) is 35.3 Å². The summed E-state index contributed by atoms with van der Waals surface area (Å²) in [6.07, 6.45) is 4.55. The zero-order valence-electron chi connectivity index (χ0n) is 11.3. The number of hydrogen-bond donors (Lipinski definition) is 2. The summed E-state index contributed by atoms with van der Waals surface area (Å²) in [5, 5.41) is 12.0. The fourth-order valence-corrected chi connectivity index (χ4v) is 3.27. The molecule has 5 nitrogen and oxygen atoms in total. The van der Waals surface area contributed by atoms with E-state index in [1.807, 2.05) is 11.8 Å². The van der Waals surface area contributed by atoms with Crippen LogP contribution in [-0.4, -0.2) is 39.6 Å². The summed E-state index contributed by atoms with van der Waals surface area (Å²) in [5.74, 6) is 1.20. The van der Waals surface area contributed by atoms with Gasteiger partial charge in [-0.05, 0) is 12.5 Å². The van der Waals surface area contributed by atoms with Crippen LogP contribution in [-0.2, 0) is 0 Å². The maximum atomic E-state index is 8.87. The molecule has 0 bridgehead atoms. The maximum Gasteiger partial charge on any atom is 0.172 e. The van der Waals surface area contributed by atoms with Gasteiger partial charge >= 0.3 is 0 Å². The van der Waals surface area contributed by atoms with Crippen molar-refractivity contribution in [2.75, 3.05) is 23.7 Å². The van der Waals surface area contributed by atoms with E-state index in [0.717, 1.165) is 36.5 Å². The molecule has 0 spiro atoms. The summed E-state index contributed by atoms with van der Waals surface area (Å²) < 4.78 is 0.299. The quantitative estimate of drug-likeness (QED) is 0.374. The van der Waals surface area contributed by atoms with Crippen molar-refractivity contribution >= 4 is 23.3 Å². The highest BCUT2D eigenvalue weighted by Gasteiger charge is 2.25. The molecule has 1 aliphatic heterocycles. The molecular formula is C13H20N4OS. The SMILES string of the molecule is CC1(C)CCN(c2cnccc2/C(N)=N/O)CCS1. The Morgan fingerprint density at radius 3 is 3.05 bits per heavy atom. The molecule has 0 amide bonds. The molecule has 0 unspecified atom stereocenters. The number of nitrogens with two attached hydrogens (primary N) is 1. The van der Waals surface area contributed by atoms with Gasteiger partial charge in [-0.25, -0.2) is 0 Å². The van der Waals surface area contributed by atoms with Crippen LogP contribution >= 0.6 is 11.8 Å². The summed E-state index contributed by atoms with van der Waals surface area (Å²) in [5.41, 5.74) is 7.41. The van der Waals surface area contributed by atoms with Crippen LogP contribution < -0.4 is 10.6 Å². The van der Waals surface area contributed by atoms with Crippen molar-refractivity contribution in [2.45, 2.75) is 25.0 Å². The van der Waals surface area contributed by atoms with E-state index in [-0.39, 0.29) is 5.84 Å². The molecule has 19 heavy (non-hydrogen) atoms. The summed E-state index contributed by atoms with van der Waals surface area (Å²) in [6, 6.07) is 1.79. The molecule has 0 saturated carbocycles. The van der Waals surface area contributed by atoms with Crippen LogP contribution in [0.25, 0.3) is 0 Å². The topological polar surface area (TPSA) is 74.7 Å². The number of hydrogen-bond acceptors (Lipinski definition) is 5. The van der Waals surface area contributed by atoms with Crippen LogP contribution in [0.5, 0.6) is 0 Å². The van der Waals surface area contributed by atoms with E-state index < -0.39 is 0 Å². The molecule has 2 heterocycles. The molecule has 1 aromatic rings. The Labute approximate surface area is 117 Å². The largest absolute Gasteiger partial charge is 0.409 e. The highest BCUT2D eigenvalue weighted by molar-refractivity contribution is 8.00. The lowest BCUT2D eigenvalue weighted by Gasteiger charge is -2.25. The fourth-order valence-electron chi connectivity index (χ4n) is 2.17. The first-order valence-corrected chi connectivity index (χ1v) is 7.33. The number of nitrogens with zero attached hydrogens (tertiary/aromatic N) is 3. The fraction of sp³-hybridized carbons (Fsp3) is 0.538. The second kappa shape index (κ2) is 5.69. The van der Waals surface area contributed by atoms with E-state index in [0.29, 0.717) is 4.75 Å². The van der Waals surface area contributed by atoms with Crippen molar-refractivity contribution < 1.29 is 5.21 Å². The summed E-state index contributed by atoms with van der Waals surface area (Å²) in [6.45, 7) is 6.45. The molecule has 1 aliphatic rings. The third-order valence-corrected chi connectivity index (χ3v) is 4.73. The van der Waals surface area contributed by atoms with Crippen LogP contribution in [0.4, 0.5) is 5.69 Å². The zero-order valence-corrected chi connectivity index (χ0v) is 12.2. The Balaban J connectivity index is 2.27. The summed E-state index contributed by atoms with van der Waals surface area (Å²) >= 11 is 1.99. The van der Waals surface area contributed by atoms with Gasteiger partial charge in [-0.1, -0.05) is 19.0 Å². The number of oxime groups is 1. The van der Waals surface area contributed by atoms with Gasteiger partial charge in [0.1, 0.15) is 0 Å². The zero-order chi connectivity index (χ0) is 13.9. The van der Waals surface area contributed by atoms with Crippen molar-refractivity contribution in [3.8, 4) is 0 Å². The second-order valence-electron chi connectivity index (χ2n) is 5.22. The van der Waals surface area contributed by atoms with E-state index in [4.69, 9.17) is 10.9 Å². The third kappa shape index (κ3) is 3.32. The summed E-state index contributed by atoms with van der Waals surface area (Å²) in [7, 11) is 0. The van der Waals surface area contributed by atoms with Crippen LogP contribution in [0.3, 0.4) is 0 Å². The third-order valence-electron chi connectivity index (χ3n) is 3.36. The molecule has 0 aromatic carbocycles. The standard InChI is InChI=1S/C13H20N4OS/c1-13(2)4-6-17(7-8-19-13)11-9-15-5-3-10(11)12(14)16-18/h3,5,9,18H,4,6-8H2,1-2H3,(H2,14,16). The number of pyridine rings is 1. The highest BCUT2D eigenvalue weighted by Crippen LogP contribution is 2.32. The Hall–Kier alpha value is -1.43. The Kier molecular flexibility index (Phi) is 4.19. The maximum absolute atomic E-state index is 8.87. The predicted molar refractivity (Wildman–Crippen MR) is 80.1 cm³/mol. The van der Waals surface area contributed by atoms with Crippen molar-refractivity contribution in [1.29, 1.82) is 0 Å². The highest BCUT2D eigenvalue weighted by atomic mass is 32.2. The number of rotatable bonds is 2. The van der Waals surface area contributed by atoms with Gasteiger partial charge in [0.15, 0.2) is 5.84 Å². The molecule has 0 aliphatic carbocycles. The van der Waals surface area contributed by atoms with E-state index >= 15 is 0 Å². The smallest absolute Gasteiger partial charge is 0.172 e. The van der Waals surface area contributed by atoms with Crippen molar-refractivity contribution in [2.24, 2.45) is 10.9 Å². The van der Waals surface area contributed by atoms with E-state index in [9.17, 15) is 0 Å². The lowest BCUT2D eigenvalue weighted by molar-refractivity contribution is 0.318. The molecule has 3 N–H and O–H groups in total. The van der Waals surface area contributed by atoms with Gasteiger partial charge in [0.25, 0.3) is 0 Å². The molecule has 1 saturated heterocycles. The van der Waals surface area contributed by atoms with Crippen LogP contribution in [0.1, 0.15) is 25.8 Å². The number of anilines is 1. The molecule has 2 rings (SSSR count). The normalized spacial score (nSPS) is 20.1. The van der Waals surface area contributed by atoms with E-state index in [1.165, 1.54) is 0 Å². The monoisotopic (exact) mass is 280 g/mol. The Morgan fingerprint density at radius 2 is 2.32 bits per heavy atom. The number of thioether (sulfide) groups is 1. The molecule has 0 radical (unpaired) electrons. The van der Waals surface area contributed by atoms with Crippen molar-refractivity contribution in [3.63, 3.8) is 0 Å². The van der Waals surface area contributed by atoms with Crippen LogP contribution in [0.2, 0.25) is 0 Å². The first-order valence-electron chi connectivity index (χ1n) is 6.34. The minimum Gasteiger partial charge on any atom is -0.409 e. The number of aromatic nitrogens is 1. The molecule has 0 atom stereocenters. The average Bonchev–Trinajstić information content (AvgIpc) is 2.59. The first-order chi connectivity index (χ1) is 9.03. The van der Waals surface area contributed by atoms with Gasteiger partial charge in [-0.15, -0.1) is 0 Å². The minimum absolute atomic E-state index is 0.133. The van der Waals surface area contributed by atoms with Crippen LogP contribution in [0.15, 0.2) is 23.6 Å². The molecule has 1 aromatic heterocycles. The predicted octanol–water partition coefficient (Wildman–Crippen LogP) is 1.90. The molecule has 6 heteroatoms. The summed E-state index contributed by atoms with van der Waals surface area (Å²) in [4.78, 5) is 6.43. The Morgan fingerprint density at radius 1 is 1.53 bits per heavy atom. The van der Waals surface area contributed by atoms with E-state index in [2.05, 4.69) is 28.9 Å². The lowest BCUT2D eigenvalue weighted by Crippen LogP contribution is -2.29. The van der Waals surface area contributed by atoms with E-state index in [1.54, 1.807) is 18.5 Å². The molecule has 104 valence electrons. The first kappa shape index (κ1) is 14.0. The Bertz CT molecular complexity index is 475. The van der Waals surface area contributed by atoms with Gasteiger partial charge < -0.3 is 15.8 Å².